The minimum absolute atomic E-state index is 0.0984. The Morgan fingerprint density at radius 2 is 1.94 bits per heavy atom. The summed E-state index contributed by atoms with van der Waals surface area (Å²) in [7, 11) is 0. The molecule has 2 aromatic rings. The van der Waals surface area contributed by atoms with E-state index in [4.69, 9.17) is 11.6 Å². The summed E-state index contributed by atoms with van der Waals surface area (Å²) in [6.45, 7) is 3.21. The summed E-state index contributed by atoms with van der Waals surface area (Å²) < 4.78 is 40.4. The number of halogens is 4. The highest BCUT2D eigenvalue weighted by Gasteiger charge is 2.45. The molecule has 2 N–H and O–H groups in total. The molecule has 1 fully saturated rings. The van der Waals surface area contributed by atoms with Crippen molar-refractivity contribution >= 4 is 40.6 Å². The van der Waals surface area contributed by atoms with Gasteiger partial charge < -0.3 is 10.6 Å². The molecule has 3 rings (SSSR count). The number of pyridine rings is 1. The summed E-state index contributed by atoms with van der Waals surface area (Å²) in [4.78, 5) is 29.5. The summed E-state index contributed by atoms with van der Waals surface area (Å²) in [5.74, 6) is -2.93. The lowest BCUT2D eigenvalue weighted by Crippen LogP contribution is -2.39. The molecule has 10 heteroatoms. The molecule has 0 unspecified atom stereocenters. The standard InChI is InChI=1S/C21H22ClF3N4O2/c1-2-13-3-5-16(28-19(30)14-7-9-26-10-8-14)17(11-13)29(20(31)21(23,24)25)18-6-4-15(22)12-27-18/h3-6,11-12,14,26H,2,7-10H2,1H3,(H,28,30). The average Bonchev–Trinajstić information content (AvgIpc) is 2.76. The Hall–Kier alpha value is -2.65. The van der Waals surface area contributed by atoms with Crippen LogP contribution >= 0.6 is 11.6 Å². The van der Waals surface area contributed by atoms with E-state index in [2.05, 4.69) is 15.6 Å². The lowest BCUT2D eigenvalue weighted by Gasteiger charge is -2.27. The largest absolute Gasteiger partial charge is 0.472 e. The minimum Gasteiger partial charge on any atom is -0.324 e. The van der Waals surface area contributed by atoms with Crippen LogP contribution in [-0.2, 0) is 16.0 Å². The Kier molecular flexibility index (Phi) is 7.17. The summed E-state index contributed by atoms with van der Waals surface area (Å²) in [5, 5.41) is 6.09. The molecule has 0 atom stereocenters. The van der Waals surface area contributed by atoms with Gasteiger partial charge in [0.2, 0.25) is 5.91 Å². The maximum Gasteiger partial charge on any atom is 0.472 e. The van der Waals surface area contributed by atoms with Crippen LogP contribution in [0.4, 0.5) is 30.4 Å². The molecule has 2 amide bonds. The number of piperidine rings is 1. The molecule has 1 aliphatic heterocycles. The van der Waals surface area contributed by atoms with Gasteiger partial charge in [-0.3, -0.25) is 14.5 Å². The van der Waals surface area contributed by atoms with E-state index in [-0.39, 0.29) is 34.0 Å². The van der Waals surface area contributed by atoms with Crippen molar-refractivity contribution < 1.29 is 22.8 Å². The number of hydrogen-bond acceptors (Lipinski definition) is 4. The second-order valence-electron chi connectivity index (χ2n) is 7.19. The fourth-order valence-corrected chi connectivity index (χ4v) is 3.48. The van der Waals surface area contributed by atoms with Gasteiger partial charge in [-0.15, -0.1) is 0 Å². The van der Waals surface area contributed by atoms with E-state index in [0.29, 0.717) is 42.8 Å². The van der Waals surface area contributed by atoms with Gasteiger partial charge in [0, 0.05) is 12.1 Å². The number of aryl methyl sites for hydroxylation is 1. The van der Waals surface area contributed by atoms with Gasteiger partial charge in [-0.05, 0) is 62.2 Å². The van der Waals surface area contributed by atoms with Crippen LogP contribution in [-0.4, -0.2) is 36.1 Å². The molecular formula is C21H22ClF3N4O2. The maximum absolute atomic E-state index is 13.5. The molecule has 0 aliphatic carbocycles. The van der Waals surface area contributed by atoms with E-state index in [1.54, 1.807) is 6.07 Å². The van der Waals surface area contributed by atoms with E-state index >= 15 is 0 Å². The van der Waals surface area contributed by atoms with Crippen LogP contribution in [0, 0.1) is 5.92 Å². The number of aromatic nitrogens is 1. The maximum atomic E-state index is 13.5. The molecule has 31 heavy (non-hydrogen) atoms. The smallest absolute Gasteiger partial charge is 0.324 e. The Bertz CT molecular complexity index is 945. The van der Waals surface area contributed by atoms with E-state index < -0.39 is 12.1 Å². The molecule has 2 heterocycles. The number of carbonyl (C=O) groups excluding carboxylic acids is 2. The highest BCUT2D eigenvalue weighted by Crippen LogP contribution is 2.36. The quantitative estimate of drug-likeness (QED) is 0.699. The van der Waals surface area contributed by atoms with Crippen molar-refractivity contribution in [3.63, 3.8) is 0 Å². The van der Waals surface area contributed by atoms with Gasteiger partial charge in [0.05, 0.1) is 16.4 Å². The first-order chi connectivity index (χ1) is 14.7. The number of amides is 2. The zero-order chi connectivity index (χ0) is 22.6. The van der Waals surface area contributed by atoms with Crippen molar-refractivity contribution in [2.75, 3.05) is 23.3 Å². The lowest BCUT2D eigenvalue weighted by molar-refractivity contribution is -0.169. The van der Waals surface area contributed by atoms with Crippen molar-refractivity contribution in [3.05, 3.63) is 47.1 Å². The van der Waals surface area contributed by atoms with Gasteiger partial charge in [-0.2, -0.15) is 13.2 Å². The normalized spacial score (nSPS) is 14.9. The van der Waals surface area contributed by atoms with Crippen molar-refractivity contribution in [1.82, 2.24) is 10.3 Å². The van der Waals surface area contributed by atoms with Crippen LogP contribution in [0.15, 0.2) is 36.5 Å². The van der Waals surface area contributed by atoms with Gasteiger partial charge in [-0.1, -0.05) is 24.6 Å². The summed E-state index contributed by atoms with van der Waals surface area (Å²) in [5.41, 5.74) is 0.706. The van der Waals surface area contributed by atoms with E-state index in [1.165, 1.54) is 24.3 Å². The molecular weight excluding hydrogens is 433 g/mol. The summed E-state index contributed by atoms with van der Waals surface area (Å²) in [6, 6.07) is 7.24. The Balaban J connectivity index is 2.06. The third kappa shape index (κ3) is 5.54. The van der Waals surface area contributed by atoms with Crippen LogP contribution in [0.5, 0.6) is 0 Å². The van der Waals surface area contributed by atoms with Crippen molar-refractivity contribution in [3.8, 4) is 0 Å². The number of benzene rings is 1. The third-order valence-electron chi connectivity index (χ3n) is 5.07. The monoisotopic (exact) mass is 454 g/mol. The molecule has 1 aliphatic rings. The summed E-state index contributed by atoms with van der Waals surface area (Å²) in [6.07, 6.45) is -2.22. The van der Waals surface area contributed by atoms with E-state index in [0.717, 1.165) is 6.20 Å². The Morgan fingerprint density at radius 3 is 2.52 bits per heavy atom. The van der Waals surface area contributed by atoms with Crippen LogP contribution in [0.2, 0.25) is 5.02 Å². The van der Waals surface area contributed by atoms with E-state index in [9.17, 15) is 22.8 Å². The van der Waals surface area contributed by atoms with Crippen LogP contribution < -0.4 is 15.5 Å². The molecule has 0 bridgehead atoms. The Morgan fingerprint density at radius 1 is 1.23 bits per heavy atom. The predicted octanol–water partition coefficient (Wildman–Crippen LogP) is 4.46. The van der Waals surface area contributed by atoms with Crippen LogP contribution in [0.1, 0.15) is 25.3 Å². The third-order valence-corrected chi connectivity index (χ3v) is 5.29. The van der Waals surface area contributed by atoms with Crippen molar-refractivity contribution in [2.24, 2.45) is 5.92 Å². The van der Waals surface area contributed by atoms with Gasteiger partial charge in [0.1, 0.15) is 5.82 Å². The SMILES string of the molecule is CCc1ccc(NC(=O)C2CCNCC2)c(N(C(=O)C(F)(F)F)c2ccc(Cl)cn2)c1. The lowest BCUT2D eigenvalue weighted by atomic mass is 9.97. The van der Waals surface area contributed by atoms with Crippen molar-refractivity contribution in [1.29, 1.82) is 0 Å². The molecule has 0 spiro atoms. The van der Waals surface area contributed by atoms with Gasteiger partial charge in [0.15, 0.2) is 0 Å². The zero-order valence-corrected chi connectivity index (χ0v) is 17.6. The Labute approximate surface area is 182 Å². The van der Waals surface area contributed by atoms with Gasteiger partial charge in [-0.25, -0.2) is 4.98 Å². The number of alkyl halides is 3. The van der Waals surface area contributed by atoms with Gasteiger partial charge >= 0.3 is 12.1 Å². The second kappa shape index (κ2) is 9.65. The van der Waals surface area contributed by atoms with Crippen LogP contribution in [0.25, 0.3) is 0 Å². The van der Waals surface area contributed by atoms with Gasteiger partial charge in [0.25, 0.3) is 0 Å². The average molecular weight is 455 g/mol. The van der Waals surface area contributed by atoms with Crippen molar-refractivity contribution in [2.45, 2.75) is 32.4 Å². The number of carbonyl (C=O) groups is 2. The number of nitrogens with zero attached hydrogens (tertiary/aromatic N) is 2. The first kappa shape index (κ1) is 23.0. The number of hydrogen-bond donors (Lipinski definition) is 2. The fraction of sp³-hybridized carbons (Fsp3) is 0.381. The summed E-state index contributed by atoms with van der Waals surface area (Å²) >= 11 is 5.82. The minimum atomic E-state index is -5.15. The molecule has 0 saturated carbocycles. The topological polar surface area (TPSA) is 74.3 Å². The molecule has 1 aromatic heterocycles. The highest BCUT2D eigenvalue weighted by atomic mass is 35.5. The first-order valence-electron chi connectivity index (χ1n) is 9.88. The number of rotatable bonds is 5. The first-order valence-corrected chi connectivity index (χ1v) is 10.3. The predicted molar refractivity (Wildman–Crippen MR) is 112 cm³/mol. The molecule has 1 aromatic carbocycles. The fourth-order valence-electron chi connectivity index (χ4n) is 3.37. The molecule has 166 valence electrons. The molecule has 6 nitrogen and oxygen atoms in total. The molecule has 0 radical (unpaired) electrons. The van der Waals surface area contributed by atoms with E-state index in [1.807, 2.05) is 6.92 Å². The van der Waals surface area contributed by atoms with Crippen LogP contribution in [0.3, 0.4) is 0 Å². The molecule has 1 saturated heterocycles. The second-order valence-corrected chi connectivity index (χ2v) is 7.63. The number of anilines is 3. The number of nitrogens with one attached hydrogen (secondary N) is 2. The zero-order valence-electron chi connectivity index (χ0n) is 16.8. The highest BCUT2D eigenvalue weighted by molar-refractivity contribution is 6.30.